The lowest BCUT2D eigenvalue weighted by Crippen LogP contribution is -2.19. The Morgan fingerprint density at radius 1 is 1.55 bits per heavy atom. The van der Waals surface area contributed by atoms with Crippen LogP contribution in [0, 0.1) is 5.41 Å². The van der Waals surface area contributed by atoms with Crippen molar-refractivity contribution in [3.63, 3.8) is 0 Å². The van der Waals surface area contributed by atoms with Gasteiger partial charge in [-0.25, -0.2) is 0 Å². The molecule has 0 aromatic carbocycles. The summed E-state index contributed by atoms with van der Waals surface area (Å²) >= 11 is 0. The molecular weight excluding hydrogens is 140 g/mol. The lowest BCUT2D eigenvalue weighted by molar-refractivity contribution is -0.137. The molecule has 0 aromatic heterocycles. The van der Waals surface area contributed by atoms with E-state index in [-0.39, 0.29) is 11.4 Å². The van der Waals surface area contributed by atoms with Gasteiger partial charge in [0.15, 0.2) is 0 Å². The number of cyclic esters (lactones) is 1. The Hall–Kier alpha value is -0.790. The highest BCUT2D eigenvalue weighted by Gasteiger charge is 2.38. The van der Waals surface area contributed by atoms with Crippen LogP contribution in [0.15, 0.2) is 12.2 Å². The van der Waals surface area contributed by atoms with Crippen LogP contribution in [0.5, 0.6) is 0 Å². The molecule has 1 heterocycles. The van der Waals surface area contributed by atoms with Crippen molar-refractivity contribution in [3.8, 4) is 0 Å². The average Bonchev–Trinajstić information content (AvgIpc) is 2.34. The van der Waals surface area contributed by atoms with Gasteiger partial charge < -0.3 is 4.74 Å². The third-order valence-corrected chi connectivity index (χ3v) is 2.53. The van der Waals surface area contributed by atoms with Crippen LogP contribution >= 0.6 is 0 Å². The fraction of sp³-hybridized carbons (Fsp3) is 0.667. The molecular formula is C9H12O2. The van der Waals surface area contributed by atoms with E-state index in [0.29, 0.717) is 13.0 Å². The summed E-state index contributed by atoms with van der Waals surface area (Å²) in [6.07, 6.45) is 8.43. The Morgan fingerprint density at radius 3 is 3.00 bits per heavy atom. The minimum absolute atomic E-state index is 0.0310. The molecule has 0 saturated carbocycles. The molecule has 1 spiro atoms. The van der Waals surface area contributed by atoms with Crippen LogP contribution in [0.1, 0.15) is 25.7 Å². The van der Waals surface area contributed by atoms with Crippen molar-refractivity contribution in [2.24, 2.45) is 5.41 Å². The Bertz CT molecular complexity index is 208. The molecule has 1 fully saturated rings. The van der Waals surface area contributed by atoms with E-state index in [2.05, 4.69) is 12.2 Å². The molecule has 0 amide bonds. The van der Waals surface area contributed by atoms with Crippen LogP contribution in [0.2, 0.25) is 0 Å². The first-order valence-electron chi connectivity index (χ1n) is 4.14. The Labute approximate surface area is 66.2 Å². The van der Waals surface area contributed by atoms with E-state index >= 15 is 0 Å². The second-order valence-corrected chi connectivity index (χ2v) is 3.49. The summed E-state index contributed by atoms with van der Waals surface area (Å²) in [5.74, 6) is -0.0310. The highest BCUT2D eigenvalue weighted by atomic mass is 16.5. The van der Waals surface area contributed by atoms with Crippen LogP contribution in [0.4, 0.5) is 0 Å². The van der Waals surface area contributed by atoms with Gasteiger partial charge in [-0.1, -0.05) is 12.2 Å². The fourth-order valence-electron chi connectivity index (χ4n) is 1.87. The van der Waals surface area contributed by atoms with Crippen molar-refractivity contribution in [1.82, 2.24) is 0 Å². The zero-order chi connectivity index (χ0) is 7.73. The number of rotatable bonds is 0. The number of ether oxygens (including phenoxy) is 1. The monoisotopic (exact) mass is 152 g/mol. The number of allylic oxidation sites excluding steroid dienone is 1. The first-order valence-corrected chi connectivity index (χ1v) is 4.14. The van der Waals surface area contributed by atoms with E-state index in [1.807, 2.05) is 0 Å². The van der Waals surface area contributed by atoms with Crippen molar-refractivity contribution < 1.29 is 9.53 Å². The Kier molecular flexibility index (Phi) is 1.48. The first kappa shape index (κ1) is 6.89. The van der Waals surface area contributed by atoms with Crippen LogP contribution < -0.4 is 0 Å². The molecule has 0 aromatic rings. The molecule has 60 valence electrons. The lowest BCUT2D eigenvalue weighted by atomic mass is 9.78. The summed E-state index contributed by atoms with van der Waals surface area (Å²) in [4.78, 5) is 10.9. The molecule has 2 nitrogen and oxygen atoms in total. The van der Waals surface area contributed by atoms with Crippen molar-refractivity contribution in [2.45, 2.75) is 25.7 Å². The molecule has 1 saturated heterocycles. The number of hydrogen-bond acceptors (Lipinski definition) is 2. The van der Waals surface area contributed by atoms with E-state index in [1.54, 1.807) is 0 Å². The van der Waals surface area contributed by atoms with E-state index < -0.39 is 0 Å². The largest absolute Gasteiger partial charge is 0.465 e. The lowest BCUT2D eigenvalue weighted by Gasteiger charge is -2.24. The molecule has 0 radical (unpaired) electrons. The van der Waals surface area contributed by atoms with Gasteiger partial charge in [0.1, 0.15) is 6.61 Å². The first-order chi connectivity index (χ1) is 5.31. The second kappa shape index (κ2) is 2.36. The second-order valence-electron chi connectivity index (χ2n) is 3.49. The molecule has 1 atom stereocenters. The van der Waals surface area contributed by atoms with E-state index in [9.17, 15) is 4.79 Å². The van der Waals surface area contributed by atoms with Gasteiger partial charge in [0.2, 0.25) is 0 Å². The van der Waals surface area contributed by atoms with Gasteiger partial charge in [0, 0.05) is 5.41 Å². The number of esters is 1. The highest BCUT2D eigenvalue weighted by molar-refractivity contribution is 5.73. The van der Waals surface area contributed by atoms with Crippen molar-refractivity contribution in [1.29, 1.82) is 0 Å². The molecule has 1 aliphatic carbocycles. The van der Waals surface area contributed by atoms with Crippen LogP contribution in [0.3, 0.4) is 0 Å². The maximum atomic E-state index is 10.9. The molecule has 2 rings (SSSR count). The molecule has 11 heavy (non-hydrogen) atoms. The van der Waals surface area contributed by atoms with Crippen molar-refractivity contribution in [3.05, 3.63) is 12.2 Å². The van der Waals surface area contributed by atoms with Gasteiger partial charge in [0.25, 0.3) is 0 Å². The van der Waals surface area contributed by atoms with Crippen molar-refractivity contribution >= 4 is 5.97 Å². The standard InChI is InChI=1S/C9H12O2/c10-8-6-9(7-11-8)4-2-1-3-5-9/h2,4H,1,3,5-7H2/t9-/m0/s1. The Morgan fingerprint density at radius 2 is 2.45 bits per heavy atom. The normalized spacial score (nSPS) is 36.2. The van der Waals surface area contributed by atoms with E-state index in [0.717, 1.165) is 12.8 Å². The molecule has 0 bridgehead atoms. The van der Waals surface area contributed by atoms with Crippen LogP contribution in [-0.2, 0) is 9.53 Å². The fourth-order valence-corrected chi connectivity index (χ4v) is 1.87. The van der Waals surface area contributed by atoms with E-state index in [4.69, 9.17) is 4.74 Å². The predicted molar refractivity (Wildman–Crippen MR) is 41.0 cm³/mol. The molecule has 0 unspecified atom stereocenters. The molecule has 0 N–H and O–H groups in total. The number of hydrogen-bond donors (Lipinski definition) is 0. The topological polar surface area (TPSA) is 26.3 Å². The molecule has 2 aliphatic rings. The van der Waals surface area contributed by atoms with Gasteiger partial charge >= 0.3 is 5.97 Å². The molecule has 2 heteroatoms. The maximum Gasteiger partial charge on any atom is 0.306 e. The summed E-state index contributed by atoms with van der Waals surface area (Å²) < 4.78 is 4.96. The molecule has 1 aliphatic heterocycles. The van der Waals surface area contributed by atoms with Gasteiger partial charge in [-0.2, -0.15) is 0 Å². The zero-order valence-corrected chi connectivity index (χ0v) is 6.51. The zero-order valence-electron chi connectivity index (χ0n) is 6.51. The van der Waals surface area contributed by atoms with Gasteiger partial charge in [-0.3, -0.25) is 4.79 Å². The van der Waals surface area contributed by atoms with Gasteiger partial charge in [-0.05, 0) is 19.3 Å². The summed E-state index contributed by atoms with van der Waals surface area (Å²) in [7, 11) is 0. The summed E-state index contributed by atoms with van der Waals surface area (Å²) in [5.41, 5.74) is 0.0926. The van der Waals surface area contributed by atoms with Crippen LogP contribution in [-0.4, -0.2) is 12.6 Å². The number of carbonyl (C=O) groups excluding carboxylic acids is 1. The summed E-state index contributed by atoms with van der Waals surface area (Å²) in [6.45, 7) is 0.613. The summed E-state index contributed by atoms with van der Waals surface area (Å²) in [6, 6.07) is 0. The Balaban J connectivity index is 2.15. The minimum Gasteiger partial charge on any atom is -0.465 e. The van der Waals surface area contributed by atoms with Crippen molar-refractivity contribution in [2.75, 3.05) is 6.61 Å². The minimum atomic E-state index is -0.0310. The quantitative estimate of drug-likeness (QED) is 0.390. The smallest absolute Gasteiger partial charge is 0.306 e. The average molecular weight is 152 g/mol. The van der Waals surface area contributed by atoms with Gasteiger partial charge in [-0.15, -0.1) is 0 Å². The predicted octanol–water partition coefficient (Wildman–Crippen LogP) is 1.66. The van der Waals surface area contributed by atoms with E-state index in [1.165, 1.54) is 6.42 Å². The highest BCUT2D eigenvalue weighted by Crippen LogP contribution is 2.38. The summed E-state index contributed by atoms with van der Waals surface area (Å²) in [5, 5.41) is 0. The van der Waals surface area contributed by atoms with Gasteiger partial charge in [0.05, 0.1) is 6.42 Å². The SMILES string of the molecule is O=C1C[C@@]2(C=CCCC2)CO1. The third-order valence-electron chi connectivity index (χ3n) is 2.53. The van der Waals surface area contributed by atoms with Crippen LogP contribution in [0.25, 0.3) is 0 Å². The number of carbonyl (C=O) groups is 1. The third kappa shape index (κ3) is 1.17. The maximum absolute atomic E-state index is 10.9.